The fourth-order valence-electron chi connectivity index (χ4n) is 0.429. The first-order chi connectivity index (χ1) is 4.62. The fourth-order valence-corrected chi connectivity index (χ4v) is 0.429. The minimum absolute atomic E-state index is 0.292. The average molecular weight is 150 g/mol. The molecule has 0 saturated carbocycles. The largest absolute Gasteiger partial charge is 0.400 e. The van der Waals surface area contributed by atoms with Gasteiger partial charge in [-0.2, -0.15) is 0 Å². The Hall–Kier alpha value is -0.120. The van der Waals surface area contributed by atoms with Crippen molar-refractivity contribution in [2.24, 2.45) is 0 Å². The molecule has 2 N–H and O–H groups in total. The third-order valence-corrected chi connectivity index (χ3v) is 1.56. The first-order valence-electron chi connectivity index (χ1n) is 3.50. The Morgan fingerprint density at radius 1 is 1.20 bits per heavy atom. The Morgan fingerprint density at radius 3 is 1.70 bits per heavy atom. The van der Waals surface area contributed by atoms with E-state index in [1.54, 1.807) is 0 Å². The summed E-state index contributed by atoms with van der Waals surface area (Å²) in [4.78, 5) is 0. The summed E-state index contributed by atoms with van der Waals surface area (Å²) in [5.74, 6) is 0. The molecule has 10 heavy (non-hydrogen) atoms. The number of hydrogen-bond donors (Lipinski definition) is 2. The van der Waals surface area contributed by atoms with Crippen LogP contribution in [0.15, 0.2) is 0 Å². The van der Waals surface area contributed by atoms with Gasteiger partial charge >= 0.3 is 0 Å². The summed E-state index contributed by atoms with van der Waals surface area (Å²) in [7, 11) is 5.21. The van der Waals surface area contributed by atoms with E-state index in [-0.39, 0.29) is 0 Å². The molecule has 3 heteroatoms. The van der Waals surface area contributed by atoms with Gasteiger partial charge < -0.3 is 14.7 Å². The van der Waals surface area contributed by atoms with Crippen LogP contribution in [0.4, 0.5) is 0 Å². The normalized spacial score (nSPS) is 10.2. The summed E-state index contributed by atoms with van der Waals surface area (Å²) in [6.07, 6.45) is 0. The molecule has 0 aromatic heterocycles. The van der Waals surface area contributed by atoms with Gasteiger partial charge in [0.15, 0.2) is 0 Å². The Labute approximate surface area is 63.5 Å². The van der Waals surface area contributed by atoms with Crippen LogP contribution < -0.4 is 0 Å². The summed E-state index contributed by atoms with van der Waals surface area (Å²) >= 11 is 0. The Morgan fingerprint density at radius 2 is 1.60 bits per heavy atom. The van der Waals surface area contributed by atoms with Crippen LogP contribution in [0.25, 0.3) is 0 Å². The van der Waals surface area contributed by atoms with E-state index < -0.39 is 0 Å². The van der Waals surface area contributed by atoms with Gasteiger partial charge in [0, 0.05) is 7.11 Å². The summed E-state index contributed by atoms with van der Waals surface area (Å²) in [5, 5.41) is 15.5. The second kappa shape index (κ2) is 6.99. The molecule has 0 unspecified atom stereocenters. The maximum atomic E-state index is 8.52. The fraction of sp³-hybridized carbons (Fsp3) is 1.00. The first-order valence-corrected chi connectivity index (χ1v) is 3.50. The molecular weight excluding hydrogens is 130 g/mol. The number of hydrogen-bond acceptors (Lipinski definition) is 2. The molecule has 0 aromatic rings. The molecule has 64 valence electrons. The van der Waals surface area contributed by atoms with E-state index in [2.05, 4.69) is 21.0 Å². The predicted molar refractivity (Wildman–Crippen MR) is 42.7 cm³/mol. The summed E-state index contributed by atoms with van der Waals surface area (Å²) in [6, 6.07) is 0. The van der Waals surface area contributed by atoms with Crippen LogP contribution in [-0.4, -0.2) is 55.6 Å². The van der Waals surface area contributed by atoms with Crippen LogP contribution >= 0.6 is 0 Å². The van der Waals surface area contributed by atoms with Crippen molar-refractivity contribution in [3.63, 3.8) is 0 Å². The molecule has 0 radical (unpaired) electrons. The molecule has 0 heterocycles. The summed E-state index contributed by atoms with van der Waals surface area (Å²) < 4.78 is 0.913. The van der Waals surface area contributed by atoms with Gasteiger partial charge in [-0.1, -0.05) is 0 Å². The zero-order chi connectivity index (χ0) is 8.62. The summed E-state index contributed by atoms with van der Waals surface area (Å²) in [6.45, 7) is 4.35. The van der Waals surface area contributed by atoms with E-state index in [0.717, 1.165) is 24.7 Å². The van der Waals surface area contributed by atoms with Crippen LogP contribution in [-0.2, 0) is 0 Å². The second-order valence-electron chi connectivity index (χ2n) is 2.70. The van der Waals surface area contributed by atoms with E-state index >= 15 is 0 Å². The number of aliphatic hydroxyl groups excluding tert-OH is 2. The van der Waals surface area contributed by atoms with Gasteiger partial charge in [0.25, 0.3) is 0 Å². The van der Waals surface area contributed by atoms with Crippen molar-refractivity contribution in [1.29, 1.82) is 0 Å². The molecule has 0 aliphatic heterocycles. The van der Waals surface area contributed by atoms with Gasteiger partial charge in [-0.05, 0) is 6.92 Å². The van der Waals surface area contributed by atoms with Crippen molar-refractivity contribution in [3.05, 3.63) is 0 Å². The summed E-state index contributed by atoms with van der Waals surface area (Å²) in [5.41, 5.74) is 0. The number of aliphatic hydroxyl groups is 2. The van der Waals surface area contributed by atoms with Crippen molar-refractivity contribution in [2.45, 2.75) is 6.92 Å². The third kappa shape index (κ3) is 7.88. The van der Waals surface area contributed by atoms with Gasteiger partial charge in [0.2, 0.25) is 0 Å². The Bertz CT molecular complexity index is 64.6. The SMILES string of the molecule is CC[N+](C)(C)CCO.CO. The molecule has 0 aromatic carbocycles. The van der Waals surface area contributed by atoms with E-state index in [9.17, 15) is 0 Å². The first kappa shape index (κ1) is 12.5. The van der Waals surface area contributed by atoms with Crippen molar-refractivity contribution in [1.82, 2.24) is 0 Å². The molecule has 0 fully saturated rings. The monoisotopic (exact) mass is 150 g/mol. The number of nitrogens with zero attached hydrogens (tertiary/aromatic N) is 1. The molecule has 0 saturated heterocycles. The molecule has 0 bridgehead atoms. The lowest BCUT2D eigenvalue weighted by molar-refractivity contribution is -0.888. The smallest absolute Gasteiger partial charge is 0.102 e. The van der Waals surface area contributed by atoms with Gasteiger partial charge in [-0.25, -0.2) is 0 Å². The lowest BCUT2D eigenvalue weighted by Crippen LogP contribution is -2.41. The highest BCUT2D eigenvalue weighted by Gasteiger charge is 2.08. The zero-order valence-corrected chi connectivity index (χ0v) is 7.46. The van der Waals surface area contributed by atoms with E-state index in [1.807, 2.05) is 0 Å². The third-order valence-electron chi connectivity index (χ3n) is 1.56. The van der Waals surface area contributed by atoms with Crippen molar-refractivity contribution in [2.75, 3.05) is 40.9 Å². The van der Waals surface area contributed by atoms with Crippen molar-refractivity contribution >= 4 is 0 Å². The maximum Gasteiger partial charge on any atom is 0.102 e. The van der Waals surface area contributed by atoms with Crippen LogP contribution in [0.5, 0.6) is 0 Å². The molecule has 0 aliphatic carbocycles. The second-order valence-corrected chi connectivity index (χ2v) is 2.70. The molecular formula is C7H20NO2+. The van der Waals surface area contributed by atoms with Crippen LogP contribution in [0.1, 0.15) is 6.92 Å². The van der Waals surface area contributed by atoms with Crippen LogP contribution in [0, 0.1) is 0 Å². The van der Waals surface area contributed by atoms with E-state index in [0.29, 0.717) is 6.61 Å². The van der Waals surface area contributed by atoms with E-state index in [1.165, 1.54) is 0 Å². The minimum Gasteiger partial charge on any atom is -0.400 e. The minimum atomic E-state index is 0.292. The molecule has 0 spiro atoms. The van der Waals surface area contributed by atoms with E-state index in [4.69, 9.17) is 10.2 Å². The topological polar surface area (TPSA) is 40.5 Å². The number of quaternary nitrogens is 1. The Kier molecular flexibility index (Phi) is 8.77. The highest BCUT2D eigenvalue weighted by molar-refractivity contribution is 4.24. The lowest BCUT2D eigenvalue weighted by atomic mass is 10.5. The zero-order valence-electron chi connectivity index (χ0n) is 7.46. The number of rotatable bonds is 3. The highest BCUT2D eigenvalue weighted by Crippen LogP contribution is 1.92. The van der Waals surface area contributed by atoms with Crippen molar-refractivity contribution in [3.8, 4) is 0 Å². The number of likely N-dealkylation sites (N-methyl/N-ethyl adjacent to an activating group) is 1. The molecule has 0 rings (SSSR count). The van der Waals surface area contributed by atoms with Gasteiger partial charge in [0.05, 0.1) is 27.2 Å². The van der Waals surface area contributed by atoms with Crippen molar-refractivity contribution < 1.29 is 14.7 Å². The highest BCUT2D eigenvalue weighted by atomic mass is 16.3. The molecule has 0 aliphatic rings. The molecule has 0 amide bonds. The Balaban J connectivity index is 0. The standard InChI is InChI=1S/C6H16NO.CH4O/c1-4-7(2,3)5-6-8;1-2/h8H,4-6H2,1-3H3;2H,1H3/q+1;. The van der Waals surface area contributed by atoms with Gasteiger partial charge in [-0.3, -0.25) is 0 Å². The maximum absolute atomic E-state index is 8.52. The van der Waals surface area contributed by atoms with Crippen LogP contribution in [0.2, 0.25) is 0 Å². The van der Waals surface area contributed by atoms with Gasteiger partial charge in [0.1, 0.15) is 6.54 Å². The molecule has 3 nitrogen and oxygen atoms in total. The molecule has 0 atom stereocenters. The van der Waals surface area contributed by atoms with Crippen LogP contribution in [0.3, 0.4) is 0 Å². The predicted octanol–water partition coefficient (Wildman–Crippen LogP) is -0.316. The average Bonchev–Trinajstić information content (AvgIpc) is 1.93. The lowest BCUT2D eigenvalue weighted by Gasteiger charge is -2.26. The quantitative estimate of drug-likeness (QED) is 0.541. The van der Waals surface area contributed by atoms with Gasteiger partial charge in [-0.15, -0.1) is 0 Å².